The van der Waals surface area contributed by atoms with Gasteiger partial charge in [-0.3, -0.25) is 32.4 Å². The van der Waals surface area contributed by atoms with Crippen LogP contribution >= 0.6 is 31.9 Å². The molecule has 0 atom stereocenters. The van der Waals surface area contributed by atoms with E-state index in [1.807, 2.05) is 49.5 Å². The number of nitrogens with zero attached hydrogens (tertiary/aromatic N) is 10. The third kappa shape index (κ3) is 11.3. The number of imidazole rings is 2. The minimum atomic E-state index is -3.78. The Balaban J connectivity index is 0.000000189. The topological polar surface area (TPSA) is 180 Å². The van der Waals surface area contributed by atoms with E-state index in [0.29, 0.717) is 38.5 Å². The van der Waals surface area contributed by atoms with Crippen molar-refractivity contribution in [3.8, 4) is 6.07 Å². The van der Waals surface area contributed by atoms with Gasteiger partial charge in [-0.15, -0.1) is 0 Å². The van der Waals surface area contributed by atoms with Crippen LogP contribution in [0.3, 0.4) is 0 Å². The maximum Gasteiger partial charge on any atom is 1.00 e. The molecule has 11 rings (SSSR count). The molecule has 3 aromatic carbocycles. The molecule has 0 aliphatic heterocycles. The summed E-state index contributed by atoms with van der Waals surface area (Å²) in [5, 5.41) is 17.3. The predicted molar refractivity (Wildman–Crippen MR) is 280 cm³/mol. The van der Waals surface area contributed by atoms with Crippen molar-refractivity contribution in [1.29, 1.82) is 10.5 Å². The molecule has 6 aromatic heterocycles. The molecular formula is C53H51Br2N10NaO5S. The molecule has 19 heteroatoms. The summed E-state index contributed by atoms with van der Waals surface area (Å²) in [5.41, 5.74) is 8.98. The molecule has 364 valence electrons. The monoisotopic (exact) mass is 1120 g/mol. The maximum atomic E-state index is 13.5. The molecule has 0 amide bonds. The summed E-state index contributed by atoms with van der Waals surface area (Å²) in [6, 6.07) is 30.1. The molecule has 0 spiro atoms. The zero-order valence-corrected chi connectivity index (χ0v) is 46.1. The van der Waals surface area contributed by atoms with Crippen molar-refractivity contribution in [2.45, 2.75) is 108 Å². The van der Waals surface area contributed by atoms with Crippen LogP contribution in [0.15, 0.2) is 133 Å². The summed E-state index contributed by atoms with van der Waals surface area (Å²) in [4.78, 5) is 35.5. The van der Waals surface area contributed by atoms with E-state index in [-0.39, 0.29) is 58.5 Å². The Morgan fingerprint density at radius 2 is 1.11 bits per heavy atom. The SMILES string of the molecule is Cc1ccc(S(=O)(=O)OCCCCn2c(Cn3c(=O)n(C4CC4)c4ccncc43)cc3cc(Br)ccc32)cc1.N#CCCCCn1c(Cn2c(=O)n(C3CC3)c3ccncc32)cc2cc(Br)ccc21.[C-]#N.[Na+]. The van der Waals surface area contributed by atoms with Gasteiger partial charge in [-0.05, 0) is 131 Å². The molecule has 0 bridgehead atoms. The minimum absolute atomic E-state index is 0. The maximum absolute atomic E-state index is 13.5. The first-order valence-corrected chi connectivity index (χ1v) is 26.7. The van der Waals surface area contributed by atoms with E-state index in [9.17, 15) is 18.0 Å². The average Bonchev–Trinajstić information content (AvgIpc) is 4.29. The molecule has 15 nitrogen and oxygen atoms in total. The van der Waals surface area contributed by atoms with E-state index in [1.165, 1.54) is 0 Å². The van der Waals surface area contributed by atoms with Gasteiger partial charge in [-0.1, -0.05) is 49.6 Å². The van der Waals surface area contributed by atoms with Gasteiger partial charge in [0.2, 0.25) is 0 Å². The zero-order chi connectivity index (χ0) is 49.8. The van der Waals surface area contributed by atoms with Crippen LogP contribution in [0.1, 0.15) is 86.8 Å². The van der Waals surface area contributed by atoms with Gasteiger partial charge in [-0.25, -0.2) is 9.59 Å². The fourth-order valence-corrected chi connectivity index (χ4v) is 11.1. The molecule has 2 fully saturated rings. The fourth-order valence-electron chi connectivity index (χ4n) is 9.43. The number of aryl methyl sites for hydroxylation is 3. The second-order valence-electron chi connectivity index (χ2n) is 18.1. The van der Waals surface area contributed by atoms with Crippen LogP contribution in [0.2, 0.25) is 0 Å². The molecule has 2 aliphatic carbocycles. The number of halogens is 2. The van der Waals surface area contributed by atoms with E-state index < -0.39 is 10.1 Å². The Morgan fingerprint density at radius 3 is 1.57 bits per heavy atom. The van der Waals surface area contributed by atoms with Crippen molar-refractivity contribution in [2.24, 2.45) is 0 Å². The predicted octanol–water partition coefficient (Wildman–Crippen LogP) is 7.89. The van der Waals surface area contributed by atoms with E-state index >= 15 is 0 Å². The Bertz CT molecular complexity index is 3710. The van der Waals surface area contributed by atoms with Crippen LogP contribution in [0.25, 0.3) is 43.9 Å². The van der Waals surface area contributed by atoms with Crippen LogP contribution in [-0.4, -0.2) is 52.4 Å². The van der Waals surface area contributed by atoms with Crippen LogP contribution in [0, 0.1) is 30.1 Å². The second-order valence-corrected chi connectivity index (χ2v) is 21.5. The second kappa shape index (κ2) is 23.1. The van der Waals surface area contributed by atoms with Crippen LogP contribution in [0.4, 0.5) is 0 Å². The van der Waals surface area contributed by atoms with Crippen molar-refractivity contribution < 1.29 is 42.2 Å². The molecule has 0 saturated heterocycles. The third-order valence-electron chi connectivity index (χ3n) is 13.1. The summed E-state index contributed by atoms with van der Waals surface area (Å²) in [6.45, 7) is 9.19. The fraction of sp³-hybridized carbons (Fsp3) is 0.321. The normalized spacial score (nSPS) is 13.4. The number of aromatic nitrogens is 8. The molecule has 2 aliphatic rings. The third-order valence-corrected chi connectivity index (χ3v) is 15.5. The van der Waals surface area contributed by atoms with Gasteiger partial charge in [0.15, 0.2) is 0 Å². The standard InChI is InChI=1S/C29H29BrN4O4S.C23H22BrN5O.CN.Na/c1-20-4-9-25(10-5-20)39(36,37)38-15-3-2-14-32-24(17-21-16-22(30)6-11-26(21)32)19-33-28-18-31-13-12-27(28)34(29(33)35)23-7-8-23;24-17-4-7-20-16(12-17)13-19(27(20)11-3-1-2-9-25)15-28-22-14-26-10-8-21(22)29(23(28)30)18-5-6-18;1-2;/h4-6,9-13,16-18,23H,2-3,7-8,14-15,19H2,1H3;4,7-8,10,12-14,18H,1-3,5-6,11,15H2;;/q;;-1;+1. The van der Waals surface area contributed by atoms with Crippen molar-refractivity contribution in [3.05, 3.63) is 163 Å². The van der Waals surface area contributed by atoms with Gasteiger partial charge >= 0.3 is 40.9 Å². The first-order chi connectivity index (χ1) is 34.5. The summed E-state index contributed by atoms with van der Waals surface area (Å²) in [7, 11) is -3.78. The van der Waals surface area contributed by atoms with Crippen molar-refractivity contribution in [1.82, 2.24) is 37.4 Å². The number of hydrogen-bond donors (Lipinski definition) is 0. The van der Waals surface area contributed by atoms with Gasteiger partial charge in [0.25, 0.3) is 10.1 Å². The van der Waals surface area contributed by atoms with Gasteiger partial charge in [0.05, 0.1) is 65.1 Å². The van der Waals surface area contributed by atoms with Crippen LogP contribution < -0.4 is 40.9 Å². The number of unbranched alkanes of at least 4 members (excludes halogenated alkanes) is 3. The van der Waals surface area contributed by atoms with E-state index in [1.54, 1.807) is 49.1 Å². The van der Waals surface area contributed by atoms with Crippen molar-refractivity contribution >= 4 is 85.9 Å². The van der Waals surface area contributed by atoms with Crippen molar-refractivity contribution in [3.63, 3.8) is 0 Å². The Morgan fingerprint density at radius 1 is 0.639 bits per heavy atom. The van der Waals surface area contributed by atoms with Gasteiger partial charge in [-0.2, -0.15) is 13.7 Å². The van der Waals surface area contributed by atoms with Gasteiger partial charge < -0.3 is 21.0 Å². The Hall–Kier alpha value is -5.57. The molecule has 9 aromatic rings. The van der Waals surface area contributed by atoms with E-state index in [0.717, 1.165) is 121 Å². The molecule has 72 heavy (non-hydrogen) atoms. The molecule has 0 radical (unpaired) electrons. The van der Waals surface area contributed by atoms with Gasteiger partial charge in [0, 0.05) is 86.1 Å². The number of pyridine rings is 2. The molecular weight excluding hydrogens is 1070 g/mol. The minimum Gasteiger partial charge on any atom is -0.512 e. The van der Waals surface area contributed by atoms with E-state index in [2.05, 4.69) is 93.4 Å². The van der Waals surface area contributed by atoms with Crippen molar-refractivity contribution in [2.75, 3.05) is 6.61 Å². The Labute approximate surface area is 456 Å². The first-order valence-electron chi connectivity index (χ1n) is 23.7. The van der Waals surface area contributed by atoms with Crippen LogP contribution in [-0.2, 0) is 40.5 Å². The molecule has 2 saturated carbocycles. The van der Waals surface area contributed by atoms with Gasteiger partial charge in [0.1, 0.15) is 0 Å². The molecule has 0 N–H and O–H groups in total. The number of fused-ring (bicyclic) bond motifs is 4. The largest absolute Gasteiger partial charge is 1.00 e. The summed E-state index contributed by atoms with van der Waals surface area (Å²) >= 11 is 7.13. The summed E-state index contributed by atoms with van der Waals surface area (Å²) in [6.07, 6.45) is 14.9. The number of hydrogen-bond acceptors (Lipinski definition) is 9. The molecule has 0 unspecified atom stereocenters. The zero-order valence-electron chi connectivity index (χ0n) is 40.1. The smallest absolute Gasteiger partial charge is 0.512 e. The Kier molecular flexibility index (Phi) is 16.9. The van der Waals surface area contributed by atoms with E-state index in [4.69, 9.17) is 21.3 Å². The summed E-state index contributed by atoms with van der Waals surface area (Å²) in [5.74, 6) is 0. The van der Waals surface area contributed by atoms with Crippen LogP contribution in [0.5, 0.6) is 0 Å². The number of nitriles is 1. The number of rotatable bonds is 17. The number of benzene rings is 3. The summed E-state index contributed by atoms with van der Waals surface area (Å²) < 4.78 is 44.4. The quantitative estimate of drug-likeness (QED) is 0.0379. The first kappa shape index (κ1) is 52.7. The average molecular weight is 1120 g/mol. The molecule has 6 heterocycles.